The minimum Gasteiger partial charge on any atom is -0.492 e. The van der Waals surface area contributed by atoms with E-state index >= 15 is 0 Å². The van der Waals surface area contributed by atoms with Gasteiger partial charge in [0.2, 0.25) is 0 Å². The van der Waals surface area contributed by atoms with Crippen molar-refractivity contribution in [2.45, 2.75) is 150 Å². The molecule has 0 aliphatic heterocycles. The number of hydrogen-bond donors (Lipinski definition) is 0. The molecule has 53 heavy (non-hydrogen) atoms. The van der Waals surface area contributed by atoms with Crippen LogP contribution in [0.25, 0.3) is 50.8 Å². The molecule has 0 spiro atoms. The first-order valence-electron chi connectivity index (χ1n) is 20.9. The summed E-state index contributed by atoms with van der Waals surface area (Å²) in [6.07, 6.45) is 22.8. The molecule has 7 heteroatoms. The third-order valence-electron chi connectivity index (χ3n) is 10.4. The van der Waals surface area contributed by atoms with Gasteiger partial charge in [0.15, 0.2) is 5.06 Å². The van der Waals surface area contributed by atoms with Gasteiger partial charge in [-0.2, -0.15) is 0 Å². The lowest BCUT2D eigenvalue weighted by atomic mass is 10.0. The summed E-state index contributed by atoms with van der Waals surface area (Å²) in [7, 11) is 0. The predicted octanol–water partition coefficient (Wildman–Crippen LogP) is 17.0. The molecule has 0 unspecified atom stereocenters. The van der Waals surface area contributed by atoms with Crippen LogP contribution in [-0.2, 0) is 0 Å². The minimum atomic E-state index is 0.755. The number of unbranched alkanes of at least 4 members (excludes halogenated alkanes) is 15. The van der Waals surface area contributed by atoms with E-state index in [1.165, 1.54) is 157 Å². The smallest absolute Gasteiger partial charge is 0.175 e. The fraction of sp³-hybridized carbons (Fsp3) is 0.565. The van der Waals surface area contributed by atoms with Crippen molar-refractivity contribution in [1.29, 1.82) is 0 Å². The van der Waals surface area contributed by atoms with Gasteiger partial charge in [-0.3, -0.25) is 0 Å². The van der Waals surface area contributed by atoms with Crippen LogP contribution >= 0.6 is 45.3 Å². The molecule has 0 saturated carbocycles. The first-order chi connectivity index (χ1) is 26.0. The van der Waals surface area contributed by atoms with Gasteiger partial charge in [0.05, 0.1) is 34.1 Å². The van der Waals surface area contributed by atoms with Crippen molar-refractivity contribution >= 4 is 86.4 Å². The number of fused-ring (bicyclic) bond motifs is 4. The van der Waals surface area contributed by atoms with Crippen LogP contribution in [0.2, 0.25) is 0 Å². The van der Waals surface area contributed by atoms with Crippen LogP contribution < -0.4 is 14.2 Å². The number of rotatable bonds is 25. The van der Waals surface area contributed by atoms with E-state index in [4.69, 9.17) is 14.2 Å². The van der Waals surface area contributed by atoms with Gasteiger partial charge in [-0.15, -0.1) is 34.0 Å². The Morgan fingerprint density at radius 3 is 1.66 bits per heavy atom. The summed E-state index contributed by atoms with van der Waals surface area (Å²) >= 11 is 7.50. The van der Waals surface area contributed by atoms with E-state index in [0.29, 0.717) is 0 Å². The lowest BCUT2D eigenvalue weighted by molar-refractivity contribution is 0.306. The SMILES string of the molecule is CCCCCCCCOc1cc2c(-c3cc4cc5c(OCCCCCCCC)c6sc(C)cc6c(OCCCCCCCC)c5cc4s3)sc(C)c2s1. The van der Waals surface area contributed by atoms with Crippen LogP contribution in [-0.4, -0.2) is 19.8 Å². The van der Waals surface area contributed by atoms with Crippen molar-refractivity contribution in [3.05, 3.63) is 40.1 Å². The number of ether oxygens (including phenoxy) is 3. The topological polar surface area (TPSA) is 27.7 Å². The molecule has 0 N–H and O–H groups in total. The second kappa shape index (κ2) is 20.6. The Morgan fingerprint density at radius 1 is 0.453 bits per heavy atom. The van der Waals surface area contributed by atoms with Crippen LogP contribution in [0, 0.1) is 13.8 Å². The van der Waals surface area contributed by atoms with Crippen molar-refractivity contribution in [3.63, 3.8) is 0 Å². The van der Waals surface area contributed by atoms with E-state index in [9.17, 15) is 0 Å². The highest BCUT2D eigenvalue weighted by Gasteiger charge is 2.22. The van der Waals surface area contributed by atoms with Gasteiger partial charge in [0, 0.05) is 46.9 Å². The van der Waals surface area contributed by atoms with Crippen molar-refractivity contribution < 1.29 is 14.2 Å². The van der Waals surface area contributed by atoms with E-state index in [0.717, 1.165) is 55.6 Å². The first kappa shape index (κ1) is 40.3. The van der Waals surface area contributed by atoms with E-state index in [2.05, 4.69) is 65.0 Å². The Bertz CT molecular complexity index is 1930. The van der Waals surface area contributed by atoms with Crippen molar-refractivity contribution in [2.75, 3.05) is 19.8 Å². The van der Waals surface area contributed by atoms with E-state index < -0.39 is 0 Å². The zero-order chi connectivity index (χ0) is 37.0. The maximum Gasteiger partial charge on any atom is 0.175 e. The maximum absolute atomic E-state index is 6.80. The summed E-state index contributed by atoms with van der Waals surface area (Å²) in [6.45, 7) is 13.6. The normalized spacial score (nSPS) is 11.9. The van der Waals surface area contributed by atoms with Crippen LogP contribution in [0.4, 0.5) is 0 Å². The molecule has 0 amide bonds. The largest absolute Gasteiger partial charge is 0.492 e. The average Bonchev–Trinajstić information content (AvgIpc) is 3.93. The highest BCUT2D eigenvalue weighted by Crippen LogP contribution is 2.51. The van der Waals surface area contributed by atoms with Crippen molar-refractivity contribution in [1.82, 2.24) is 0 Å². The number of benzene rings is 2. The molecule has 288 valence electrons. The Labute approximate surface area is 335 Å². The summed E-state index contributed by atoms with van der Waals surface area (Å²) in [6, 6.07) is 11.8. The van der Waals surface area contributed by atoms with Gasteiger partial charge in [-0.1, -0.05) is 128 Å². The molecule has 0 bridgehead atoms. The molecule has 0 aliphatic carbocycles. The van der Waals surface area contributed by atoms with Crippen LogP contribution in [0.1, 0.15) is 146 Å². The van der Waals surface area contributed by atoms with Crippen molar-refractivity contribution in [3.8, 4) is 26.3 Å². The molecule has 4 heterocycles. The summed E-state index contributed by atoms with van der Waals surface area (Å²) < 4.78 is 23.8. The van der Waals surface area contributed by atoms with Gasteiger partial charge in [0.1, 0.15) is 11.5 Å². The molecular weight excluding hydrogens is 729 g/mol. The molecule has 4 aromatic heterocycles. The Balaban J connectivity index is 1.30. The molecule has 0 fully saturated rings. The highest BCUT2D eigenvalue weighted by molar-refractivity contribution is 7.30. The zero-order valence-corrected chi connectivity index (χ0v) is 36.4. The van der Waals surface area contributed by atoms with Crippen LogP contribution in [0.3, 0.4) is 0 Å². The third-order valence-corrected chi connectivity index (χ3v) is 15.2. The lowest BCUT2D eigenvalue weighted by Crippen LogP contribution is -2.01. The quantitative estimate of drug-likeness (QED) is 0.0541. The van der Waals surface area contributed by atoms with E-state index in [-0.39, 0.29) is 0 Å². The molecule has 6 rings (SSSR count). The molecule has 0 atom stereocenters. The first-order valence-corrected chi connectivity index (χ1v) is 24.1. The molecule has 3 nitrogen and oxygen atoms in total. The highest BCUT2D eigenvalue weighted by atomic mass is 32.1. The minimum absolute atomic E-state index is 0.755. The Kier molecular flexibility index (Phi) is 15.6. The van der Waals surface area contributed by atoms with Gasteiger partial charge in [0.25, 0.3) is 0 Å². The fourth-order valence-electron chi connectivity index (χ4n) is 7.47. The molecule has 6 aromatic rings. The van der Waals surface area contributed by atoms with Crippen molar-refractivity contribution in [2.24, 2.45) is 0 Å². The molecule has 0 radical (unpaired) electrons. The average molecular weight is 791 g/mol. The van der Waals surface area contributed by atoms with Gasteiger partial charge < -0.3 is 14.2 Å². The van der Waals surface area contributed by atoms with Crippen LogP contribution in [0.5, 0.6) is 16.6 Å². The summed E-state index contributed by atoms with van der Waals surface area (Å²) in [4.78, 5) is 5.38. The lowest BCUT2D eigenvalue weighted by Gasteiger charge is -2.16. The summed E-state index contributed by atoms with van der Waals surface area (Å²) in [5.74, 6) is 2.08. The second-order valence-corrected chi connectivity index (χ2v) is 19.5. The van der Waals surface area contributed by atoms with Gasteiger partial charge >= 0.3 is 0 Å². The van der Waals surface area contributed by atoms with Crippen LogP contribution in [0.15, 0.2) is 30.3 Å². The molecule has 0 aliphatic rings. The van der Waals surface area contributed by atoms with E-state index in [1.54, 1.807) is 0 Å². The number of aryl methyl sites for hydroxylation is 2. The zero-order valence-electron chi connectivity index (χ0n) is 33.1. The second-order valence-electron chi connectivity index (χ2n) is 14.9. The van der Waals surface area contributed by atoms with Gasteiger partial charge in [-0.05, 0) is 62.8 Å². The summed E-state index contributed by atoms with van der Waals surface area (Å²) in [5.41, 5.74) is 0. The summed E-state index contributed by atoms with van der Waals surface area (Å²) in [5, 5.41) is 7.27. The maximum atomic E-state index is 6.80. The Hall–Kier alpha value is -2.32. The monoisotopic (exact) mass is 790 g/mol. The van der Waals surface area contributed by atoms with E-state index in [1.807, 2.05) is 45.3 Å². The predicted molar refractivity (Wildman–Crippen MR) is 239 cm³/mol. The fourth-order valence-corrected chi connectivity index (χ4v) is 12.0. The number of thiophene rings is 4. The number of hydrogen-bond acceptors (Lipinski definition) is 7. The standard InChI is InChI=1S/C46H62O3S4/c1-6-9-12-15-18-21-24-47-41-31-38-44(53-41)33(5)51-45(38)40-29-34-28-35-36(30-39(34)52-40)42(48-25-22-19-16-13-10-7-2)37-27-32(4)50-46(37)43(35)49-26-23-20-17-14-11-8-3/h27-31H,6-26H2,1-5H3. The molecule has 0 saturated heterocycles. The van der Waals surface area contributed by atoms with Gasteiger partial charge in [-0.25, -0.2) is 0 Å². The Morgan fingerprint density at radius 2 is 1.02 bits per heavy atom. The third kappa shape index (κ3) is 10.3. The molecular formula is C46H62O3S4. The molecule has 2 aromatic carbocycles.